The lowest BCUT2D eigenvalue weighted by Gasteiger charge is -2.34. The molecule has 3 aliphatic heterocycles. The average molecular weight is 1220 g/mol. The molecule has 8 amide bonds. The fraction of sp³-hybridized carbons (Fsp3) is 0.482. The van der Waals surface area contributed by atoms with Gasteiger partial charge in [0, 0.05) is 61.2 Å². The summed E-state index contributed by atoms with van der Waals surface area (Å²) in [4.78, 5) is 115. The number of hydrogen-bond donors (Lipinski definition) is 13. The Morgan fingerprint density at radius 1 is 0.837 bits per heavy atom. The zero-order valence-corrected chi connectivity index (χ0v) is 47.9. The number of aromatic hydroxyl groups is 1. The number of nitrogens with one attached hydrogen (secondary N) is 5. The number of carbonyl (C=O) groups is 8. The maximum Gasteiger partial charge on any atom is 0.446 e. The first-order valence-electron chi connectivity index (χ1n) is 27.8. The number of phenolic OH excluding ortho intramolecular Hbond substituents is 1. The Bertz CT molecular complexity index is 3220. The predicted molar refractivity (Wildman–Crippen MR) is 300 cm³/mol. The molecule has 0 aliphatic carbocycles. The van der Waals surface area contributed by atoms with Gasteiger partial charge in [-0.3, -0.25) is 42.9 Å². The fourth-order valence-corrected chi connectivity index (χ4v) is 10.7. The van der Waals surface area contributed by atoms with E-state index in [-0.39, 0.29) is 30.5 Å². The number of unbranched alkanes of at least 4 members (excludes halogenated alkanes) is 2. The van der Waals surface area contributed by atoms with Crippen LogP contribution in [-0.4, -0.2) is 199 Å². The van der Waals surface area contributed by atoms with Gasteiger partial charge in [0.15, 0.2) is 17.3 Å². The Kier molecular flexibility index (Phi) is 21.8. The van der Waals surface area contributed by atoms with Gasteiger partial charge in [-0.25, -0.2) is 0 Å². The number of benzene rings is 3. The third-order valence-electron chi connectivity index (χ3n) is 14.9. The minimum Gasteiger partial charge on any atom is -0.504 e. The molecule has 3 aromatic carbocycles. The Morgan fingerprint density at radius 3 is 2.16 bits per heavy atom. The molecule has 7 rings (SSSR count). The van der Waals surface area contributed by atoms with Crippen LogP contribution in [0.1, 0.15) is 81.6 Å². The number of β-amino-alcohol motifs (C(OH)–C–C–N with tert-alkyl or cyclic N) is 1. The van der Waals surface area contributed by atoms with Crippen LogP contribution in [0.15, 0.2) is 77.3 Å². The van der Waals surface area contributed by atoms with Crippen LogP contribution < -0.4 is 41.2 Å². The number of hydrogen-bond acceptors (Lipinski definition) is 20. The second-order valence-electron chi connectivity index (χ2n) is 21.5. The lowest BCUT2D eigenvalue weighted by molar-refractivity contribution is -0.147. The minimum atomic E-state index is -5.21. The summed E-state index contributed by atoms with van der Waals surface area (Å²) in [5, 5.41) is 83.4. The number of ether oxygens (including phenoxy) is 1. The number of primary amides is 1. The maximum absolute atomic E-state index is 14.6. The second-order valence-corrected chi connectivity index (χ2v) is 22.5. The molecule has 4 heterocycles. The highest BCUT2D eigenvalue weighted by Gasteiger charge is 2.49. The van der Waals surface area contributed by atoms with Gasteiger partial charge in [0.25, 0.3) is 5.91 Å². The molecule has 12 atom stereocenters. The molecule has 3 fully saturated rings. The highest BCUT2D eigenvalue weighted by molar-refractivity contribution is 7.81. The molecule has 0 spiro atoms. The van der Waals surface area contributed by atoms with Crippen molar-refractivity contribution in [2.45, 2.75) is 139 Å². The maximum atomic E-state index is 14.6. The molecule has 0 radical (unpaired) electrons. The second kappa shape index (κ2) is 28.8. The number of nitrogens with two attached hydrogens (primary N) is 1. The van der Waals surface area contributed by atoms with Crippen molar-refractivity contribution in [1.82, 2.24) is 41.5 Å². The number of fused-ring (bicyclic) bond motifs is 2. The Balaban J connectivity index is 1.18. The van der Waals surface area contributed by atoms with Gasteiger partial charge >= 0.3 is 10.4 Å². The zero-order chi connectivity index (χ0) is 62.7. The molecule has 3 aliphatic rings. The van der Waals surface area contributed by atoms with Gasteiger partial charge in [0.05, 0.1) is 43.5 Å². The molecular weight excluding hydrogens is 1150 g/mol. The van der Waals surface area contributed by atoms with E-state index in [0.717, 1.165) is 59.7 Å². The van der Waals surface area contributed by atoms with E-state index in [9.17, 15) is 82.0 Å². The Morgan fingerprint density at radius 2 is 1.50 bits per heavy atom. The normalized spacial score (nSPS) is 24.8. The van der Waals surface area contributed by atoms with Crippen molar-refractivity contribution in [3.63, 3.8) is 0 Å². The van der Waals surface area contributed by atoms with Crippen molar-refractivity contribution in [3.8, 4) is 39.8 Å². The molecule has 86 heavy (non-hydrogen) atoms. The average Bonchev–Trinajstić information content (AvgIpc) is 2.07. The summed E-state index contributed by atoms with van der Waals surface area (Å²) < 4.78 is 48.2. The summed E-state index contributed by atoms with van der Waals surface area (Å²) >= 11 is 0. The summed E-state index contributed by atoms with van der Waals surface area (Å²) in [5.41, 5.74) is 6.97. The number of carbonyl (C=O) groups excluding carboxylic acids is 8. The zero-order valence-electron chi connectivity index (χ0n) is 47.1. The van der Waals surface area contributed by atoms with E-state index in [1.54, 1.807) is 18.2 Å². The number of amides is 8. The number of aromatic nitrogens is 1. The SMILES string of the molecule is CCCCCOc1ccc(-c2cc(-c3ccc(C(=O)NC4CC(O)CNC(=O)C5C(O)C(C)CN5C(=O)C(C(O)CC(N)=O)NC(=O)C(C(O)Cc5ccc(O)c(OS(=O)(=O)O)c5)NC(=O)C5CCCN5C(=O)C(C(C)O)NC4=O)cc3)no2)cc1. The topological polar surface area (TPSA) is 449 Å². The van der Waals surface area contributed by atoms with E-state index in [4.69, 9.17) is 15.0 Å². The van der Waals surface area contributed by atoms with Crippen molar-refractivity contribution in [2.75, 3.05) is 26.2 Å². The first kappa shape index (κ1) is 65.3. The molecule has 1 aromatic heterocycles. The molecule has 466 valence electrons. The van der Waals surface area contributed by atoms with Crippen LogP contribution in [-0.2, 0) is 50.4 Å². The number of nitrogens with zero attached hydrogens (tertiary/aromatic N) is 3. The highest BCUT2D eigenvalue weighted by atomic mass is 32.3. The number of rotatable bonds is 18. The van der Waals surface area contributed by atoms with Crippen LogP contribution in [0.5, 0.6) is 17.2 Å². The van der Waals surface area contributed by atoms with E-state index in [0.29, 0.717) is 29.4 Å². The molecule has 30 heteroatoms. The lowest BCUT2D eigenvalue weighted by atomic mass is 9.98. The number of aliphatic hydroxyl groups excluding tert-OH is 5. The summed E-state index contributed by atoms with van der Waals surface area (Å²) in [6.07, 6.45) is -8.67. The van der Waals surface area contributed by atoms with Gasteiger partial charge in [-0.05, 0) is 80.3 Å². The molecule has 4 aromatic rings. The standard InChI is InChI=1S/C56H71N9O20S/c1-4-5-6-20-83-35-16-14-32(15-17-35)42-24-36(63-84-42)31-10-12-33(13-11-31)50(73)59-37-23-34(67)26-58-54(77)48-49(72)28(2)27-65(48)56(79)47(41(70)25-44(57)71)62-53(76)46(40(69)21-30-9-18-39(68)43(22-30)85-86(80,81)82)61-52(75)38-8-7-19-64(38)55(78)45(29(3)66)60-51(37)74/h9-18,22,24,28-29,34,37-38,40-41,45-49,66-70,72H,4-8,19-21,23,25-27H2,1-3H3,(H2,57,71)(H,58,77)(H,59,73)(H,60,74)(H,61,75)(H,62,76)(H,80,81,82). The van der Waals surface area contributed by atoms with E-state index in [2.05, 4.69) is 42.8 Å². The Hall–Kier alpha value is -8.26. The van der Waals surface area contributed by atoms with Crippen molar-refractivity contribution in [1.29, 1.82) is 0 Å². The van der Waals surface area contributed by atoms with Crippen LogP contribution in [0.25, 0.3) is 22.6 Å². The highest BCUT2D eigenvalue weighted by Crippen LogP contribution is 2.31. The lowest BCUT2D eigenvalue weighted by Crippen LogP contribution is -2.64. The van der Waals surface area contributed by atoms with Crippen LogP contribution in [0, 0.1) is 5.92 Å². The molecule has 3 saturated heterocycles. The molecule has 14 N–H and O–H groups in total. The minimum absolute atomic E-state index is 0.00254. The molecular formula is C56H71N9O20S. The predicted octanol–water partition coefficient (Wildman–Crippen LogP) is -1.68. The van der Waals surface area contributed by atoms with E-state index in [1.165, 1.54) is 19.1 Å². The van der Waals surface area contributed by atoms with Crippen molar-refractivity contribution in [3.05, 3.63) is 83.9 Å². The van der Waals surface area contributed by atoms with E-state index < -0.39 is 174 Å². The van der Waals surface area contributed by atoms with Gasteiger partial charge in [-0.15, -0.1) is 0 Å². The third kappa shape index (κ3) is 16.6. The quantitative estimate of drug-likeness (QED) is 0.0391. The summed E-state index contributed by atoms with van der Waals surface area (Å²) in [7, 11) is -5.21. The van der Waals surface area contributed by atoms with Crippen LogP contribution in [0.2, 0.25) is 0 Å². The van der Waals surface area contributed by atoms with Crippen LogP contribution in [0.3, 0.4) is 0 Å². The number of phenols is 1. The molecule has 29 nitrogen and oxygen atoms in total. The summed E-state index contributed by atoms with van der Waals surface area (Å²) in [6, 6.07) is 6.48. The van der Waals surface area contributed by atoms with Gasteiger partial charge in [-0.2, -0.15) is 8.42 Å². The van der Waals surface area contributed by atoms with Crippen molar-refractivity contribution < 1.29 is 95.4 Å². The number of aliphatic hydroxyl groups is 5. The largest absolute Gasteiger partial charge is 0.504 e. The van der Waals surface area contributed by atoms with Crippen LogP contribution >= 0.6 is 0 Å². The molecule has 12 unspecified atom stereocenters. The van der Waals surface area contributed by atoms with E-state index in [1.807, 2.05) is 24.3 Å². The smallest absolute Gasteiger partial charge is 0.446 e. The molecule has 0 bridgehead atoms. The van der Waals surface area contributed by atoms with E-state index >= 15 is 0 Å². The fourth-order valence-electron chi connectivity index (χ4n) is 10.3. The summed E-state index contributed by atoms with van der Waals surface area (Å²) in [6.45, 7) is 4.00. The first-order chi connectivity index (χ1) is 40.7. The monoisotopic (exact) mass is 1220 g/mol. The Labute approximate surface area is 493 Å². The van der Waals surface area contributed by atoms with Crippen LogP contribution in [0.4, 0.5) is 0 Å². The van der Waals surface area contributed by atoms with Gasteiger partial charge in [-0.1, -0.05) is 50.0 Å². The third-order valence-corrected chi connectivity index (χ3v) is 15.3. The molecule has 0 saturated carbocycles. The van der Waals surface area contributed by atoms with Crippen molar-refractivity contribution in [2.24, 2.45) is 11.7 Å². The van der Waals surface area contributed by atoms with Crippen molar-refractivity contribution >= 4 is 57.7 Å². The van der Waals surface area contributed by atoms with Gasteiger partial charge in [0.2, 0.25) is 41.4 Å². The van der Waals surface area contributed by atoms with Gasteiger partial charge in [0.1, 0.15) is 47.7 Å². The van der Waals surface area contributed by atoms with Gasteiger partial charge < -0.3 is 86.2 Å². The first-order valence-corrected chi connectivity index (χ1v) is 29.2. The summed E-state index contributed by atoms with van der Waals surface area (Å²) in [5.74, 6) is -10.5.